The number of nitrogens with one attached hydrogen (secondary N) is 2. The first-order chi connectivity index (χ1) is 18.9. The van der Waals surface area contributed by atoms with Crippen LogP contribution in [0.15, 0.2) is 54.7 Å². The average molecular weight is 532 g/mol. The first-order valence-electron chi connectivity index (χ1n) is 13.1. The molecule has 6 rings (SSSR count). The van der Waals surface area contributed by atoms with Crippen molar-refractivity contribution in [2.45, 2.75) is 45.0 Å². The van der Waals surface area contributed by atoms with Crippen LogP contribution in [0.3, 0.4) is 0 Å². The minimum Gasteiger partial charge on any atom is -0.493 e. The summed E-state index contributed by atoms with van der Waals surface area (Å²) in [6.45, 7) is 6.12. The molecule has 2 atom stereocenters. The number of aromatic nitrogens is 2. The van der Waals surface area contributed by atoms with Crippen LogP contribution in [0, 0.1) is 0 Å². The molecule has 39 heavy (non-hydrogen) atoms. The van der Waals surface area contributed by atoms with Gasteiger partial charge in [0.1, 0.15) is 17.7 Å². The maximum atomic E-state index is 13.4. The monoisotopic (exact) mass is 531 g/mol. The molecule has 0 aliphatic carbocycles. The van der Waals surface area contributed by atoms with E-state index >= 15 is 0 Å². The fourth-order valence-corrected chi connectivity index (χ4v) is 4.69. The molecule has 10 nitrogen and oxygen atoms in total. The van der Waals surface area contributed by atoms with Crippen molar-refractivity contribution in [2.75, 3.05) is 26.8 Å². The maximum Gasteiger partial charge on any atom is 0.258 e. The zero-order valence-electron chi connectivity index (χ0n) is 22.3. The summed E-state index contributed by atoms with van der Waals surface area (Å²) in [5, 5.41) is 5.99. The fraction of sp³-hybridized carbons (Fsp3) is 0.379. The van der Waals surface area contributed by atoms with Crippen molar-refractivity contribution in [3.05, 3.63) is 77.4 Å². The molecule has 10 heteroatoms. The van der Waals surface area contributed by atoms with Gasteiger partial charge in [-0.3, -0.25) is 14.5 Å². The molecule has 0 unspecified atom stereocenters. The minimum atomic E-state index is -0.282. The molecule has 0 spiro atoms. The third kappa shape index (κ3) is 6.46. The zero-order chi connectivity index (χ0) is 27.4. The topological polar surface area (TPSA) is 115 Å². The summed E-state index contributed by atoms with van der Waals surface area (Å²) in [6, 6.07) is 14.2. The Morgan fingerprint density at radius 1 is 1.10 bits per heavy atom. The van der Waals surface area contributed by atoms with Gasteiger partial charge in [0, 0.05) is 43.9 Å². The molecule has 204 valence electrons. The molecular formula is C29H33N5O5. The highest BCUT2D eigenvalue weighted by Gasteiger charge is 2.36. The molecule has 1 fully saturated rings. The minimum absolute atomic E-state index is 0.205. The number of amides is 2. The second kappa shape index (κ2) is 11.7. The van der Waals surface area contributed by atoms with Crippen LogP contribution in [0.2, 0.25) is 0 Å². The normalized spacial score (nSPS) is 19.9. The third-order valence-corrected chi connectivity index (χ3v) is 6.78. The van der Waals surface area contributed by atoms with Crippen LogP contribution in [0.4, 0.5) is 0 Å². The molecular weight excluding hydrogens is 498 g/mol. The summed E-state index contributed by atoms with van der Waals surface area (Å²) in [6.07, 6.45) is 1.51. The van der Waals surface area contributed by atoms with E-state index in [0.717, 1.165) is 17.1 Å². The van der Waals surface area contributed by atoms with E-state index in [1.807, 2.05) is 30.3 Å². The Kier molecular flexibility index (Phi) is 7.92. The summed E-state index contributed by atoms with van der Waals surface area (Å²) < 4.78 is 17.5. The van der Waals surface area contributed by atoms with Crippen molar-refractivity contribution in [3.63, 3.8) is 0 Å². The molecule has 2 aromatic carbocycles. The SMILES string of the molecule is COc1ccc2cc1OCC(=O)NCc1ccc(cc1)O[C@H]1CN(Cc3ccnc(C(C)C)n3)C[C@@H]1NC2=O. The van der Waals surface area contributed by atoms with Crippen molar-refractivity contribution < 1.29 is 23.8 Å². The van der Waals surface area contributed by atoms with E-state index < -0.39 is 0 Å². The van der Waals surface area contributed by atoms with E-state index in [-0.39, 0.29) is 36.5 Å². The summed E-state index contributed by atoms with van der Waals surface area (Å²) in [5.74, 6) is 1.95. The van der Waals surface area contributed by atoms with Crippen LogP contribution >= 0.6 is 0 Å². The number of fused-ring (bicyclic) bond motifs is 7. The first-order valence-corrected chi connectivity index (χ1v) is 13.1. The van der Waals surface area contributed by atoms with Gasteiger partial charge in [0.05, 0.1) is 18.8 Å². The number of hydrogen-bond acceptors (Lipinski definition) is 8. The highest BCUT2D eigenvalue weighted by molar-refractivity contribution is 5.95. The number of hydrogen-bond donors (Lipinski definition) is 2. The van der Waals surface area contributed by atoms with E-state index in [0.29, 0.717) is 49.0 Å². The summed E-state index contributed by atoms with van der Waals surface area (Å²) in [4.78, 5) is 37.0. The molecule has 3 aromatic rings. The Labute approximate surface area is 227 Å². The third-order valence-electron chi connectivity index (χ3n) is 6.78. The zero-order valence-corrected chi connectivity index (χ0v) is 22.3. The lowest BCUT2D eigenvalue weighted by Crippen LogP contribution is -2.45. The second-order valence-electron chi connectivity index (χ2n) is 10.1. The lowest BCUT2D eigenvalue weighted by atomic mass is 10.1. The van der Waals surface area contributed by atoms with Crippen molar-refractivity contribution in [1.29, 1.82) is 0 Å². The molecule has 4 bridgehead atoms. The average Bonchev–Trinajstić information content (AvgIpc) is 3.30. The van der Waals surface area contributed by atoms with Gasteiger partial charge in [-0.2, -0.15) is 0 Å². The van der Waals surface area contributed by atoms with Crippen LogP contribution in [0.5, 0.6) is 17.2 Å². The van der Waals surface area contributed by atoms with Crippen molar-refractivity contribution >= 4 is 11.8 Å². The van der Waals surface area contributed by atoms with E-state index in [1.54, 1.807) is 24.4 Å². The Bertz CT molecular complexity index is 1330. The van der Waals surface area contributed by atoms with Crippen molar-refractivity contribution in [2.24, 2.45) is 0 Å². The molecule has 2 amide bonds. The van der Waals surface area contributed by atoms with Crippen molar-refractivity contribution in [1.82, 2.24) is 25.5 Å². The van der Waals surface area contributed by atoms with Gasteiger partial charge in [-0.1, -0.05) is 26.0 Å². The number of carbonyl (C=O) groups excluding carboxylic acids is 2. The van der Waals surface area contributed by atoms with E-state index in [4.69, 9.17) is 19.2 Å². The largest absolute Gasteiger partial charge is 0.493 e. The first kappa shape index (κ1) is 26.4. The van der Waals surface area contributed by atoms with E-state index in [1.165, 1.54) is 7.11 Å². The molecule has 3 aliphatic rings. The van der Waals surface area contributed by atoms with Crippen molar-refractivity contribution in [3.8, 4) is 17.2 Å². The van der Waals surface area contributed by atoms with Gasteiger partial charge in [-0.15, -0.1) is 0 Å². The summed E-state index contributed by atoms with van der Waals surface area (Å²) >= 11 is 0. The number of ether oxygens (including phenoxy) is 3. The van der Waals surface area contributed by atoms with E-state index in [2.05, 4.69) is 34.4 Å². The van der Waals surface area contributed by atoms with Gasteiger partial charge in [-0.25, -0.2) is 9.97 Å². The number of likely N-dealkylation sites (tertiary alicyclic amines) is 1. The van der Waals surface area contributed by atoms with Crippen LogP contribution in [-0.2, 0) is 17.9 Å². The molecule has 2 N–H and O–H groups in total. The standard InChI is InChI=1S/C29H33N5O5/c1-18(2)28-30-11-10-21(32-28)14-34-15-23-26(16-34)39-22-7-4-19(5-8-22)13-31-27(35)17-38-25-12-20(29(36)33-23)6-9-24(25)37-3/h4-12,18,23,26H,13-17H2,1-3H3,(H,31,35)(H,33,36)/t23-,26-/m0/s1. The Hall–Kier alpha value is -4.18. The molecule has 0 saturated carbocycles. The predicted molar refractivity (Wildman–Crippen MR) is 144 cm³/mol. The summed E-state index contributed by atoms with van der Waals surface area (Å²) in [5.41, 5.74) is 2.26. The quantitative estimate of drug-likeness (QED) is 0.528. The molecule has 1 aromatic heterocycles. The van der Waals surface area contributed by atoms with Gasteiger partial charge in [0.2, 0.25) is 0 Å². The smallest absolute Gasteiger partial charge is 0.258 e. The Morgan fingerprint density at radius 2 is 1.92 bits per heavy atom. The van der Waals surface area contributed by atoms with Gasteiger partial charge in [0.25, 0.3) is 11.8 Å². The fourth-order valence-electron chi connectivity index (χ4n) is 4.69. The van der Waals surface area contributed by atoms with Crippen LogP contribution in [-0.4, -0.2) is 65.6 Å². The molecule has 3 aliphatic heterocycles. The lowest BCUT2D eigenvalue weighted by Gasteiger charge is -2.21. The summed E-state index contributed by atoms with van der Waals surface area (Å²) in [7, 11) is 1.51. The molecule has 1 saturated heterocycles. The number of nitrogens with zero attached hydrogens (tertiary/aromatic N) is 3. The second-order valence-corrected chi connectivity index (χ2v) is 10.1. The predicted octanol–water partition coefficient (Wildman–Crippen LogP) is 2.68. The number of rotatable bonds is 4. The number of benzene rings is 2. The van der Waals surface area contributed by atoms with Crippen LogP contribution in [0.1, 0.15) is 47.2 Å². The molecule has 0 radical (unpaired) electrons. The highest BCUT2D eigenvalue weighted by atomic mass is 16.5. The van der Waals surface area contributed by atoms with Crippen LogP contribution < -0.4 is 24.8 Å². The lowest BCUT2D eigenvalue weighted by molar-refractivity contribution is -0.123. The van der Waals surface area contributed by atoms with Gasteiger partial charge >= 0.3 is 0 Å². The highest BCUT2D eigenvalue weighted by Crippen LogP contribution is 2.29. The Balaban J connectivity index is 1.41. The maximum absolute atomic E-state index is 13.4. The Morgan fingerprint density at radius 3 is 2.69 bits per heavy atom. The van der Waals surface area contributed by atoms with Gasteiger partial charge < -0.3 is 24.8 Å². The van der Waals surface area contributed by atoms with Gasteiger partial charge in [-0.05, 0) is 42.0 Å². The van der Waals surface area contributed by atoms with E-state index in [9.17, 15) is 9.59 Å². The van der Waals surface area contributed by atoms with Crippen LogP contribution in [0.25, 0.3) is 0 Å². The van der Waals surface area contributed by atoms with Gasteiger partial charge in [0.15, 0.2) is 18.1 Å². The number of methoxy groups -OCH3 is 1. The number of carbonyl (C=O) groups is 2. The molecule has 4 heterocycles.